The molecule has 20 heavy (non-hydrogen) atoms. The van der Waals surface area contributed by atoms with Gasteiger partial charge < -0.3 is 4.74 Å². The molecule has 0 saturated heterocycles. The van der Waals surface area contributed by atoms with E-state index in [4.69, 9.17) is 4.74 Å². The van der Waals surface area contributed by atoms with Crippen molar-refractivity contribution in [3.05, 3.63) is 57.3 Å². The standard InChI is InChI=1S/C16H14BrNO2/c1-10-3-2-4-14(18-10)15(19)9-12-8-13(17)7-11-5-6-20-16(11)12/h2-4,7-8H,5-6,9H2,1H3. The fourth-order valence-corrected chi connectivity index (χ4v) is 2.99. The van der Waals surface area contributed by atoms with E-state index in [0.29, 0.717) is 18.7 Å². The number of hydrogen-bond donors (Lipinski definition) is 0. The van der Waals surface area contributed by atoms with E-state index < -0.39 is 0 Å². The van der Waals surface area contributed by atoms with Gasteiger partial charge in [-0.1, -0.05) is 22.0 Å². The van der Waals surface area contributed by atoms with Crippen LogP contribution >= 0.6 is 15.9 Å². The molecule has 1 aromatic heterocycles. The van der Waals surface area contributed by atoms with E-state index in [0.717, 1.165) is 27.9 Å². The van der Waals surface area contributed by atoms with Crippen molar-refractivity contribution in [2.45, 2.75) is 19.8 Å². The largest absolute Gasteiger partial charge is 0.493 e. The molecular weight excluding hydrogens is 318 g/mol. The summed E-state index contributed by atoms with van der Waals surface area (Å²) in [5.74, 6) is 0.888. The maximum Gasteiger partial charge on any atom is 0.185 e. The zero-order valence-corrected chi connectivity index (χ0v) is 12.7. The topological polar surface area (TPSA) is 39.2 Å². The number of benzene rings is 1. The lowest BCUT2D eigenvalue weighted by atomic mass is 10.0. The highest BCUT2D eigenvalue weighted by Gasteiger charge is 2.20. The minimum atomic E-state index is 0.0181. The second-order valence-corrected chi connectivity index (χ2v) is 5.83. The molecule has 0 radical (unpaired) electrons. The van der Waals surface area contributed by atoms with Crippen molar-refractivity contribution < 1.29 is 9.53 Å². The molecule has 1 aromatic carbocycles. The van der Waals surface area contributed by atoms with Crippen molar-refractivity contribution in [1.29, 1.82) is 0 Å². The van der Waals surface area contributed by atoms with Gasteiger partial charge in [-0.05, 0) is 36.8 Å². The van der Waals surface area contributed by atoms with E-state index in [1.165, 1.54) is 5.56 Å². The summed E-state index contributed by atoms with van der Waals surface area (Å²) in [7, 11) is 0. The second kappa shape index (κ2) is 5.37. The van der Waals surface area contributed by atoms with E-state index >= 15 is 0 Å². The van der Waals surface area contributed by atoms with Crippen LogP contribution in [-0.2, 0) is 12.8 Å². The quantitative estimate of drug-likeness (QED) is 0.808. The lowest BCUT2D eigenvalue weighted by Gasteiger charge is -2.08. The van der Waals surface area contributed by atoms with Crippen LogP contribution < -0.4 is 4.74 Å². The summed E-state index contributed by atoms with van der Waals surface area (Å²) in [4.78, 5) is 16.6. The first kappa shape index (κ1) is 13.3. The van der Waals surface area contributed by atoms with Crippen LogP contribution in [0.5, 0.6) is 5.75 Å². The third-order valence-electron chi connectivity index (χ3n) is 3.35. The summed E-state index contributed by atoms with van der Waals surface area (Å²) < 4.78 is 6.64. The predicted octanol–water partition coefficient (Wildman–Crippen LogP) is 3.51. The van der Waals surface area contributed by atoms with Crippen LogP contribution in [0.25, 0.3) is 0 Å². The number of carbonyl (C=O) groups excluding carboxylic acids is 1. The molecule has 3 rings (SSSR count). The fourth-order valence-electron chi connectivity index (χ4n) is 2.44. The number of ether oxygens (including phenoxy) is 1. The number of Topliss-reactive ketones (excluding diaryl/α,β-unsaturated/α-hetero) is 1. The maximum absolute atomic E-state index is 12.3. The van der Waals surface area contributed by atoms with E-state index in [9.17, 15) is 4.79 Å². The minimum Gasteiger partial charge on any atom is -0.493 e. The molecule has 0 bridgehead atoms. The van der Waals surface area contributed by atoms with Gasteiger partial charge in [-0.15, -0.1) is 0 Å². The van der Waals surface area contributed by atoms with Crippen molar-refractivity contribution in [1.82, 2.24) is 4.98 Å². The van der Waals surface area contributed by atoms with E-state index in [2.05, 4.69) is 27.0 Å². The molecule has 2 aromatic rings. The van der Waals surface area contributed by atoms with Crippen LogP contribution in [0.1, 0.15) is 27.3 Å². The second-order valence-electron chi connectivity index (χ2n) is 4.92. The number of rotatable bonds is 3. The number of aryl methyl sites for hydroxylation is 1. The van der Waals surface area contributed by atoms with Crippen LogP contribution in [-0.4, -0.2) is 17.4 Å². The third-order valence-corrected chi connectivity index (χ3v) is 3.81. The van der Waals surface area contributed by atoms with E-state index in [1.54, 1.807) is 6.07 Å². The Hall–Kier alpha value is -1.68. The maximum atomic E-state index is 12.3. The summed E-state index contributed by atoms with van der Waals surface area (Å²) in [5.41, 5.74) is 3.46. The van der Waals surface area contributed by atoms with Crippen LogP contribution in [0.4, 0.5) is 0 Å². The molecule has 0 aliphatic carbocycles. The molecule has 1 aliphatic heterocycles. The lowest BCUT2D eigenvalue weighted by molar-refractivity contribution is 0.0987. The van der Waals surface area contributed by atoms with Gasteiger partial charge >= 0.3 is 0 Å². The smallest absolute Gasteiger partial charge is 0.185 e. The normalized spacial score (nSPS) is 12.9. The van der Waals surface area contributed by atoms with Crippen LogP contribution in [0.15, 0.2) is 34.8 Å². The van der Waals surface area contributed by atoms with E-state index in [-0.39, 0.29) is 5.78 Å². The first-order chi connectivity index (χ1) is 9.63. The Kier molecular flexibility index (Phi) is 3.57. The average molecular weight is 332 g/mol. The summed E-state index contributed by atoms with van der Waals surface area (Å²) in [5, 5.41) is 0. The first-order valence-electron chi connectivity index (χ1n) is 6.54. The Bertz CT molecular complexity index is 682. The fraction of sp³-hybridized carbons (Fsp3) is 0.250. The van der Waals surface area contributed by atoms with Crippen molar-refractivity contribution in [3.8, 4) is 5.75 Å². The minimum absolute atomic E-state index is 0.0181. The Morgan fingerprint density at radius 3 is 3.05 bits per heavy atom. The summed E-state index contributed by atoms with van der Waals surface area (Å²) in [6, 6.07) is 9.52. The van der Waals surface area contributed by atoms with Gasteiger partial charge in [0.15, 0.2) is 5.78 Å². The van der Waals surface area contributed by atoms with Gasteiger partial charge in [0.25, 0.3) is 0 Å². The Morgan fingerprint density at radius 2 is 2.25 bits per heavy atom. The number of halogens is 1. The SMILES string of the molecule is Cc1cccc(C(=O)Cc2cc(Br)cc3c2OCC3)n1. The number of carbonyl (C=O) groups is 1. The summed E-state index contributed by atoms with van der Waals surface area (Å²) in [6.07, 6.45) is 1.22. The Morgan fingerprint density at radius 1 is 1.40 bits per heavy atom. The van der Waals surface area contributed by atoms with Gasteiger partial charge in [0, 0.05) is 28.6 Å². The zero-order valence-electron chi connectivity index (χ0n) is 11.1. The molecule has 102 valence electrons. The van der Waals surface area contributed by atoms with Crippen molar-refractivity contribution in [3.63, 3.8) is 0 Å². The lowest BCUT2D eigenvalue weighted by Crippen LogP contribution is -2.07. The first-order valence-corrected chi connectivity index (χ1v) is 7.34. The molecule has 0 N–H and O–H groups in total. The highest BCUT2D eigenvalue weighted by atomic mass is 79.9. The number of nitrogens with zero attached hydrogens (tertiary/aromatic N) is 1. The van der Waals surface area contributed by atoms with Crippen molar-refractivity contribution in [2.24, 2.45) is 0 Å². The average Bonchev–Trinajstić information content (AvgIpc) is 2.86. The number of ketones is 1. The molecule has 1 aliphatic rings. The molecule has 0 atom stereocenters. The molecule has 3 nitrogen and oxygen atoms in total. The van der Waals surface area contributed by atoms with Gasteiger partial charge in [0.2, 0.25) is 0 Å². The zero-order chi connectivity index (χ0) is 14.1. The van der Waals surface area contributed by atoms with Gasteiger partial charge in [-0.3, -0.25) is 9.78 Å². The molecule has 0 saturated carbocycles. The van der Waals surface area contributed by atoms with Crippen molar-refractivity contribution >= 4 is 21.7 Å². The van der Waals surface area contributed by atoms with Gasteiger partial charge in [-0.25, -0.2) is 0 Å². The van der Waals surface area contributed by atoms with Gasteiger partial charge in [0.05, 0.1) is 6.61 Å². The molecular formula is C16H14BrNO2. The Labute approximate surface area is 126 Å². The summed E-state index contributed by atoms with van der Waals surface area (Å²) >= 11 is 3.49. The van der Waals surface area contributed by atoms with Gasteiger partial charge in [0.1, 0.15) is 11.4 Å². The van der Waals surface area contributed by atoms with Crippen LogP contribution in [0.2, 0.25) is 0 Å². The Balaban J connectivity index is 1.90. The molecule has 0 unspecified atom stereocenters. The van der Waals surface area contributed by atoms with Crippen LogP contribution in [0, 0.1) is 6.92 Å². The molecule has 0 spiro atoms. The summed E-state index contributed by atoms with van der Waals surface area (Å²) in [6.45, 7) is 2.58. The van der Waals surface area contributed by atoms with E-state index in [1.807, 2.05) is 25.1 Å². The molecule has 2 heterocycles. The highest BCUT2D eigenvalue weighted by Crippen LogP contribution is 2.33. The number of pyridine rings is 1. The third kappa shape index (κ3) is 2.61. The predicted molar refractivity (Wildman–Crippen MR) is 80.3 cm³/mol. The molecule has 0 amide bonds. The van der Waals surface area contributed by atoms with Crippen LogP contribution in [0.3, 0.4) is 0 Å². The van der Waals surface area contributed by atoms with Crippen molar-refractivity contribution in [2.75, 3.05) is 6.61 Å². The molecule has 4 heteroatoms. The number of aromatic nitrogens is 1. The molecule has 0 fully saturated rings. The number of fused-ring (bicyclic) bond motifs is 1. The highest BCUT2D eigenvalue weighted by molar-refractivity contribution is 9.10. The monoisotopic (exact) mass is 331 g/mol. The van der Waals surface area contributed by atoms with Gasteiger partial charge in [-0.2, -0.15) is 0 Å². The number of hydrogen-bond acceptors (Lipinski definition) is 3.